The molecule has 0 aromatic heterocycles. The van der Waals surface area contributed by atoms with Gasteiger partial charge in [-0.2, -0.15) is 0 Å². The van der Waals surface area contributed by atoms with Gasteiger partial charge in [-0.1, -0.05) is 41.9 Å². The molecule has 0 radical (unpaired) electrons. The van der Waals surface area contributed by atoms with Gasteiger partial charge >= 0.3 is 6.09 Å². The number of nitrogens with two attached hydrogens (primary N) is 1. The Morgan fingerprint density at radius 2 is 1.93 bits per heavy atom. The zero-order chi connectivity index (χ0) is 20.6. The maximum Gasteiger partial charge on any atom is 0.411 e. The minimum atomic E-state index is -0.611. The third kappa shape index (κ3) is 6.76. The molecule has 0 unspecified atom stereocenters. The SMILES string of the molecule is N[C@@H]1CC[C@H](CCNC(=O)c2cc(Cl)cc(NC(=O)OCc3ccccc3)c2)C1. The van der Waals surface area contributed by atoms with Crippen LogP contribution in [0.5, 0.6) is 0 Å². The van der Waals surface area contributed by atoms with Gasteiger partial charge in [-0.05, 0) is 55.4 Å². The highest BCUT2D eigenvalue weighted by molar-refractivity contribution is 6.31. The van der Waals surface area contributed by atoms with Crippen LogP contribution in [0.4, 0.5) is 10.5 Å². The highest BCUT2D eigenvalue weighted by Crippen LogP contribution is 2.26. The standard InChI is InChI=1S/C22H26ClN3O3/c23-18-11-17(21(27)25-9-8-15-6-7-19(24)10-15)12-20(13-18)26-22(28)29-14-16-4-2-1-3-5-16/h1-5,11-13,15,19H,6-10,14,24H2,(H,25,27)(H,26,28)/t15-,19-/m1/s1. The number of ether oxygens (including phenoxy) is 1. The Balaban J connectivity index is 1.50. The molecule has 6 nitrogen and oxygen atoms in total. The Labute approximate surface area is 175 Å². The van der Waals surface area contributed by atoms with Gasteiger partial charge in [0.05, 0.1) is 0 Å². The maximum atomic E-state index is 12.4. The molecule has 0 aliphatic heterocycles. The van der Waals surface area contributed by atoms with Crippen LogP contribution >= 0.6 is 11.6 Å². The zero-order valence-electron chi connectivity index (χ0n) is 16.2. The number of hydrogen-bond donors (Lipinski definition) is 3. The molecule has 154 valence electrons. The van der Waals surface area contributed by atoms with Crippen LogP contribution in [-0.2, 0) is 11.3 Å². The highest BCUT2D eigenvalue weighted by atomic mass is 35.5. The van der Waals surface area contributed by atoms with E-state index in [-0.39, 0.29) is 12.5 Å². The predicted molar refractivity (Wildman–Crippen MR) is 114 cm³/mol. The topological polar surface area (TPSA) is 93.5 Å². The first-order valence-corrected chi connectivity index (χ1v) is 10.2. The van der Waals surface area contributed by atoms with E-state index in [1.807, 2.05) is 30.3 Å². The summed E-state index contributed by atoms with van der Waals surface area (Å²) in [5.74, 6) is 0.344. The molecule has 2 aromatic rings. The van der Waals surface area contributed by atoms with Crippen LogP contribution in [0.25, 0.3) is 0 Å². The first-order valence-electron chi connectivity index (χ1n) is 9.81. The van der Waals surface area contributed by atoms with E-state index in [1.54, 1.807) is 18.2 Å². The van der Waals surface area contributed by atoms with Crippen molar-refractivity contribution in [3.05, 3.63) is 64.7 Å². The number of nitrogens with one attached hydrogen (secondary N) is 2. The molecule has 0 saturated heterocycles. The molecule has 2 amide bonds. The second kappa shape index (κ2) is 10.3. The summed E-state index contributed by atoms with van der Waals surface area (Å²) in [4.78, 5) is 24.5. The van der Waals surface area contributed by atoms with E-state index in [9.17, 15) is 9.59 Å². The third-order valence-electron chi connectivity index (χ3n) is 5.04. The summed E-state index contributed by atoms with van der Waals surface area (Å²) in [6, 6.07) is 14.4. The minimum absolute atomic E-state index is 0.158. The van der Waals surface area contributed by atoms with E-state index in [4.69, 9.17) is 22.1 Å². The Morgan fingerprint density at radius 3 is 2.66 bits per heavy atom. The first kappa shape index (κ1) is 21.1. The highest BCUT2D eigenvalue weighted by Gasteiger charge is 2.21. The van der Waals surface area contributed by atoms with Crippen molar-refractivity contribution in [1.29, 1.82) is 0 Å². The molecule has 0 bridgehead atoms. The molecule has 4 N–H and O–H groups in total. The lowest BCUT2D eigenvalue weighted by molar-refractivity contribution is 0.0951. The third-order valence-corrected chi connectivity index (χ3v) is 5.26. The van der Waals surface area contributed by atoms with E-state index in [0.717, 1.165) is 31.2 Å². The fraction of sp³-hybridized carbons (Fsp3) is 0.364. The van der Waals surface area contributed by atoms with Crippen LogP contribution in [0.15, 0.2) is 48.5 Å². The van der Waals surface area contributed by atoms with E-state index in [1.165, 1.54) is 0 Å². The molecule has 1 aliphatic rings. The molecule has 7 heteroatoms. The van der Waals surface area contributed by atoms with Gasteiger partial charge in [0, 0.05) is 28.9 Å². The van der Waals surface area contributed by atoms with E-state index in [0.29, 0.717) is 34.8 Å². The summed E-state index contributed by atoms with van der Waals surface area (Å²) in [5, 5.41) is 5.89. The van der Waals surface area contributed by atoms with Crippen molar-refractivity contribution in [2.75, 3.05) is 11.9 Å². The van der Waals surface area contributed by atoms with Gasteiger partial charge in [0.15, 0.2) is 0 Å². The van der Waals surface area contributed by atoms with Crippen molar-refractivity contribution in [1.82, 2.24) is 5.32 Å². The van der Waals surface area contributed by atoms with Gasteiger partial charge in [0.25, 0.3) is 5.91 Å². The molecule has 1 aliphatic carbocycles. The summed E-state index contributed by atoms with van der Waals surface area (Å²) in [7, 11) is 0. The van der Waals surface area contributed by atoms with Gasteiger partial charge in [-0.25, -0.2) is 4.79 Å². The van der Waals surface area contributed by atoms with Crippen LogP contribution < -0.4 is 16.4 Å². The number of anilines is 1. The molecular weight excluding hydrogens is 390 g/mol. The molecule has 1 fully saturated rings. The van der Waals surface area contributed by atoms with Crippen LogP contribution in [0.3, 0.4) is 0 Å². The summed E-state index contributed by atoms with van der Waals surface area (Å²) in [6.07, 6.45) is 3.50. The average molecular weight is 416 g/mol. The molecule has 2 atom stereocenters. The zero-order valence-corrected chi connectivity index (χ0v) is 17.0. The summed E-state index contributed by atoms with van der Waals surface area (Å²) in [6.45, 7) is 0.746. The van der Waals surface area contributed by atoms with Gasteiger partial charge < -0.3 is 15.8 Å². The number of amides is 2. The molecular formula is C22H26ClN3O3. The van der Waals surface area contributed by atoms with Crippen LogP contribution in [0.1, 0.15) is 41.6 Å². The van der Waals surface area contributed by atoms with Crippen molar-refractivity contribution in [3.63, 3.8) is 0 Å². The Morgan fingerprint density at radius 1 is 1.14 bits per heavy atom. The second-order valence-corrected chi connectivity index (χ2v) is 7.84. The molecule has 2 aromatic carbocycles. The van der Waals surface area contributed by atoms with Gasteiger partial charge in [-0.3, -0.25) is 10.1 Å². The predicted octanol–water partition coefficient (Wildman–Crippen LogP) is 4.34. The van der Waals surface area contributed by atoms with Crippen LogP contribution in [-0.4, -0.2) is 24.6 Å². The smallest absolute Gasteiger partial charge is 0.411 e. The Hall–Kier alpha value is -2.57. The number of carbonyl (C=O) groups excluding carboxylic acids is 2. The summed E-state index contributed by atoms with van der Waals surface area (Å²) < 4.78 is 5.20. The summed E-state index contributed by atoms with van der Waals surface area (Å²) in [5.41, 5.74) is 7.61. The van der Waals surface area contributed by atoms with Gasteiger partial charge in [0.2, 0.25) is 0 Å². The average Bonchev–Trinajstić information content (AvgIpc) is 3.11. The van der Waals surface area contributed by atoms with Crippen molar-refractivity contribution in [2.24, 2.45) is 11.7 Å². The first-order chi connectivity index (χ1) is 14.0. The normalized spacial score (nSPS) is 18.3. The van der Waals surface area contributed by atoms with Crippen molar-refractivity contribution in [3.8, 4) is 0 Å². The minimum Gasteiger partial charge on any atom is -0.444 e. The number of rotatable bonds is 7. The number of hydrogen-bond acceptors (Lipinski definition) is 4. The monoisotopic (exact) mass is 415 g/mol. The van der Waals surface area contributed by atoms with Crippen molar-refractivity contribution in [2.45, 2.75) is 38.3 Å². The van der Waals surface area contributed by atoms with Gasteiger partial charge in [-0.15, -0.1) is 0 Å². The quantitative estimate of drug-likeness (QED) is 0.627. The summed E-state index contributed by atoms with van der Waals surface area (Å²) >= 11 is 6.12. The van der Waals surface area contributed by atoms with Crippen molar-refractivity contribution >= 4 is 29.3 Å². The fourth-order valence-electron chi connectivity index (χ4n) is 3.54. The molecule has 3 rings (SSSR count). The van der Waals surface area contributed by atoms with Crippen LogP contribution in [0, 0.1) is 5.92 Å². The van der Waals surface area contributed by atoms with Gasteiger partial charge in [0.1, 0.15) is 6.61 Å². The van der Waals surface area contributed by atoms with Crippen molar-refractivity contribution < 1.29 is 14.3 Å². The fourth-order valence-corrected chi connectivity index (χ4v) is 3.77. The van der Waals surface area contributed by atoms with E-state index in [2.05, 4.69) is 10.6 Å². The maximum absolute atomic E-state index is 12.4. The second-order valence-electron chi connectivity index (χ2n) is 7.40. The lowest BCUT2D eigenvalue weighted by Crippen LogP contribution is -2.26. The van der Waals surface area contributed by atoms with Crippen LogP contribution in [0.2, 0.25) is 5.02 Å². The molecule has 0 spiro atoms. The lowest BCUT2D eigenvalue weighted by Gasteiger charge is -2.12. The van der Waals surface area contributed by atoms with E-state index < -0.39 is 6.09 Å². The number of benzene rings is 2. The van der Waals surface area contributed by atoms with E-state index >= 15 is 0 Å². The number of halogens is 1. The Bertz CT molecular complexity index is 844. The number of carbonyl (C=O) groups is 2. The Kier molecular flexibility index (Phi) is 7.49. The lowest BCUT2D eigenvalue weighted by atomic mass is 10.0. The molecule has 1 saturated carbocycles. The largest absolute Gasteiger partial charge is 0.444 e. The molecule has 29 heavy (non-hydrogen) atoms. The molecule has 0 heterocycles.